The molecule has 1 aromatic carbocycles. The van der Waals surface area contributed by atoms with Crippen LogP contribution in [0.15, 0.2) is 41.5 Å². The van der Waals surface area contributed by atoms with Crippen LogP contribution in [0.25, 0.3) is 0 Å². The minimum absolute atomic E-state index is 0. The maximum Gasteiger partial charge on any atom is 0.203 e. The molecule has 1 saturated heterocycles. The lowest BCUT2D eigenvalue weighted by Gasteiger charge is -2.37. The maximum absolute atomic E-state index is 5.44. The van der Waals surface area contributed by atoms with Gasteiger partial charge in [0.2, 0.25) is 5.75 Å². The van der Waals surface area contributed by atoms with E-state index >= 15 is 0 Å². The first kappa shape index (κ1) is 23.8. The first-order valence-electron chi connectivity index (χ1n) is 9.60. The van der Waals surface area contributed by atoms with Crippen LogP contribution < -0.4 is 24.4 Å². The highest BCUT2D eigenvalue weighted by atomic mass is 127. The summed E-state index contributed by atoms with van der Waals surface area (Å²) in [4.78, 5) is 13.5. The number of pyridine rings is 1. The fraction of sp³-hybridized carbons (Fsp3) is 0.429. The van der Waals surface area contributed by atoms with Crippen molar-refractivity contribution in [3.05, 3.63) is 42.1 Å². The summed E-state index contributed by atoms with van der Waals surface area (Å²) >= 11 is 0. The fourth-order valence-corrected chi connectivity index (χ4v) is 3.44. The van der Waals surface area contributed by atoms with E-state index in [0.717, 1.165) is 43.5 Å². The fourth-order valence-electron chi connectivity index (χ4n) is 3.44. The molecule has 164 valence electrons. The van der Waals surface area contributed by atoms with Gasteiger partial charge in [0.25, 0.3) is 0 Å². The van der Waals surface area contributed by atoms with Gasteiger partial charge < -0.3 is 29.3 Å². The topological polar surface area (TPSA) is 71.5 Å². The zero-order chi connectivity index (χ0) is 20.6. The Morgan fingerprint density at radius 1 is 1.03 bits per heavy atom. The summed E-state index contributed by atoms with van der Waals surface area (Å²) in [5.74, 6) is 3.77. The van der Waals surface area contributed by atoms with E-state index in [1.807, 2.05) is 43.6 Å². The Morgan fingerprint density at radius 2 is 1.70 bits per heavy atom. The second-order valence-corrected chi connectivity index (χ2v) is 6.60. The lowest BCUT2D eigenvalue weighted by molar-refractivity contribution is 0.323. The Kier molecular flexibility index (Phi) is 9.28. The van der Waals surface area contributed by atoms with E-state index in [-0.39, 0.29) is 24.0 Å². The Balaban J connectivity index is 0.00000320. The molecule has 2 heterocycles. The molecular weight excluding hydrogens is 497 g/mol. The van der Waals surface area contributed by atoms with Gasteiger partial charge in [0.15, 0.2) is 17.5 Å². The maximum atomic E-state index is 5.44. The van der Waals surface area contributed by atoms with Crippen LogP contribution in [0.3, 0.4) is 0 Å². The molecule has 3 rings (SSSR count). The third-order valence-electron chi connectivity index (χ3n) is 4.94. The van der Waals surface area contributed by atoms with E-state index in [1.165, 1.54) is 0 Å². The van der Waals surface area contributed by atoms with Crippen LogP contribution in [0.2, 0.25) is 0 Å². The smallest absolute Gasteiger partial charge is 0.203 e. The van der Waals surface area contributed by atoms with Crippen LogP contribution >= 0.6 is 24.0 Å². The number of benzene rings is 1. The molecule has 9 heteroatoms. The molecule has 0 spiro atoms. The molecule has 1 aliphatic rings. The average Bonchev–Trinajstić information content (AvgIpc) is 2.79. The predicted octanol–water partition coefficient (Wildman–Crippen LogP) is 2.62. The van der Waals surface area contributed by atoms with E-state index in [4.69, 9.17) is 14.2 Å². The molecule has 1 fully saturated rings. The molecule has 2 aromatic rings. The highest BCUT2D eigenvalue weighted by Gasteiger charge is 2.20. The van der Waals surface area contributed by atoms with Crippen LogP contribution in [0.4, 0.5) is 5.82 Å². The SMILES string of the molecule is CN=C(NCc1cc(OC)c(OC)c(OC)c1)N1CCN(c2ccccn2)CC1.I. The minimum atomic E-state index is 0. The summed E-state index contributed by atoms with van der Waals surface area (Å²) < 4.78 is 16.3. The van der Waals surface area contributed by atoms with Crippen molar-refractivity contribution in [1.29, 1.82) is 0 Å². The quantitative estimate of drug-likeness (QED) is 0.352. The van der Waals surface area contributed by atoms with Gasteiger partial charge in [0.05, 0.1) is 21.3 Å². The van der Waals surface area contributed by atoms with Crippen molar-refractivity contribution in [2.24, 2.45) is 4.99 Å². The lowest BCUT2D eigenvalue weighted by Crippen LogP contribution is -2.52. The van der Waals surface area contributed by atoms with Crippen molar-refractivity contribution in [1.82, 2.24) is 15.2 Å². The van der Waals surface area contributed by atoms with Gasteiger partial charge in [-0.25, -0.2) is 4.98 Å². The van der Waals surface area contributed by atoms with Crippen LogP contribution in [-0.2, 0) is 6.54 Å². The highest BCUT2D eigenvalue weighted by Crippen LogP contribution is 2.38. The second-order valence-electron chi connectivity index (χ2n) is 6.60. The van der Waals surface area contributed by atoms with Crippen LogP contribution in [0, 0.1) is 0 Å². The Bertz CT molecular complexity index is 802. The van der Waals surface area contributed by atoms with Crippen molar-refractivity contribution >= 4 is 35.8 Å². The molecule has 8 nitrogen and oxygen atoms in total. The van der Waals surface area contributed by atoms with E-state index in [9.17, 15) is 0 Å². The summed E-state index contributed by atoms with van der Waals surface area (Å²) in [6.07, 6.45) is 1.83. The van der Waals surface area contributed by atoms with Crippen molar-refractivity contribution < 1.29 is 14.2 Å². The molecule has 0 aliphatic carbocycles. The predicted molar refractivity (Wildman–Crippen MR) is 130 cm³/mol. The number of methoxy groups -OCH3 is 3. The Hall–Kier alpha value is -2.43. The number of nitrogens with one attached hydrogen (secondary N) is 1. The van der Waals surface area contributed by atoms with Crippen LogP contribution in [-0.4, -0.2) is 70.4 Å². The molecule has 0 saturated carbocycles. The number of aliphatic imine (C=N–C) groups is 1. The third-order valence-corrected chi connectivity index (χ3v) is 4.94. The average molecular weight is 527 g/mol. The van der Waals surface area contributed by atoms with Gasteiger partial charge >= 0.3 is 0 Å². The molecule has 1 aromatic heterocycles. The molecule has 1 aliphatic heterocycles. The summed E-state index contributed by atoms with van der Waals surface area (Å²) in [6.45, 7) is 4.17. The first-order valence-corrected chi connectivity index (χ1v) is 9.60. The summed E-state index contributed by atoms with van der Waals surface area (Å²) in [7, 11) is 6.65. The lowest BCUT2D eigenvalue weighted by atomic mass is 10.1. The van der Waals surface area contributed by atoms with Crippen LogP contribution in [0.1, 0.15) is 5.56 Å². The molecule has 0 atom stereocenters. The number of piperazine rings is 1. The standard InChI is InChI=1S/C21H29N5O3.HI/c1-22-21(26-11-9-25(10-12-26)19-7-5-6-8-23-19)24-15-16-13-17(27-2)20(29-4)18(14-16)28-3;/h5-8,13-14H,9-12,15H2,1-4H3,(H,22,24);1H. The monoisotopic (exact) mass is 527 g/mol. The molecule has 0 bridgehead atoms. The van der Waals surface area contributed by atoms with Gasteiger partial charge in [-0.15, -0.1) is 24.0 Å². The van der Waals surface area contributed by atoms with Gasteiger partial charge in [-0.05, 0) is 29.8 Å². The zero-order valence-corrected chi connectivity index (χ0v) is 20.3. The van der Waals surface area contributed by atoms with Gasteiger partial charge in [-0.1, -0.05) is 6.07 Å². The van der Waals surface area contributed by atoms with E-state index in [0.29, 0.717) is 23.8 Å². The summed E-state index contributed by atoms with van der Waals surface area (Å²) in [6, 6.07) is 9.90. The van der Waals surface area contributed by atoms with Crippen LogP contribution in [0.5, 0.6) is 17.2 Å². The third kappa shape index (κ3) is 5.59. The number of guanidine groups is 1. The second kappa shape index (κ2) is 11.7. The minimum Gasteiger partial charge on any atom is -0.493 e. The zero-order valence-electron chi connectivity index (χ0n) is 17.9. The molecule has 0 amide bonds. The summed E-state index contributed by atoms with van der Waals surface area (Å²) in [5.41, 5.74) is 1.02. The van der Waals surface area contributed by atoms with Crippen molar-refractivity contribution in [3.63, 3.8) is 0 Å². The van der Waals surface area contributed by atoms with Gasteiger partial charge in [-0.2, -0.15) is 0 Å². The van der Waals surface area contributed by atoms with Gasteiger partial charge in [-0.3, -0.25) is 4.99 Å². The largest absolute Gasteiger partial charge is 0.493 e. The number of hydrogen-bond donors (Lipinski definition) is 1. The molecule has 1 N–H and O–H groups in total. The first-order chi connectivity index (χ1) is 14.2. The van der Waals surface area contributed by atoms with Crippen molar-refractivity contribution in [2.45, 2.75) is 6.54 Å². The molecule has 0 unspecified atom stereocenters. The number of ether oxygens (including phenoxy) is 3. The molecule has 0 radical (unpaired) electrons. The van der Waals surface area contributed by atoms with E-state index in [2.05, 4.69) is 25.1 Å². The van der Waals surface area contributed by atoms with E-state index < -0.39 is 0 Å². The number of rotatable bonds is 6. The van der Waals surface area contributed by atoms with Crippen molar-refractivity contribution in [3.8, 4) is 17.2 Å². The Labute approximate surface area is 195 Å². The number of aromatic nitrogens is 1. The van der Waals surface area contributed by atoms with Gasteiger partial charge in [0.1, 0.15) is 5.82 Å². The number of halogens is 1. The normalized spacial score (nSPS) is 14.1. The number of hydrogen-bond acceptors (Lipinski definition) is 6. The molecular formula is C21H30IN5O3. The van der Waals surface area contributed by atoms with Crippen molar-refractivity contribution in [2.75, 3.05) is 59.5 Å². The number of anilines is 1. The molecule has 30 heavy (non-hydrogen) atoms. The Morgan fingerprint density at radius 3 is 2.20 bits per heavy atom. The highest BCUT2D eigenvalue weighted by molar-refractivity contribution is 14.0. The summed E-state index contributed by atoms with van der Waals surface area (Å²) in [5, 5.41) is 3.44. The van der Waals surface area contributed by atoms with E-state index in [1.54, 1.807) is 21.3 Å². The number of nitrogens with zero attached hydrogens (tertiary/aromatic N) is 4. The van der Waals surface area contributed by atoms with Gasteiger partial charge in [0, 0.05) is 46.0 Å².